The van der Waals surface area contributed by atoms with Crippen LogP contribution in [0.25, 0.3) is 11.8 Å². The third kappa shape index (κ3) is 9.36. The van der Waals surface area contributed by atoms with E-state index in [0.29, 0.717) is 13.0 Å². The van der Waals surface area contributed by atoms with E-state index in [0.717, 1.165) is 61.5 Å². The molecule has 0 aliphatic heterocycles. The number of nitro groups is 1. The third-order valence-electron chi connectivity index (χ3n) is 5.89. The van der Waals surface area contributed by atoms with Crippen molar-refractivity contribution >= 4 is 17.8 Å². The first kappa shape index (κ1) is 28.4. The van der Waals surface area contributed by atoms with E-state index in [-0.39, 0.29) is 11.7 Å². The Morgan fingerprint density at radius 2 is 1.71 bits per heavy atom. The highest BCUT2D eigenvalue weighted by Crippen LogP contribution is 2.23. The molecule has 10 nitrogen and oxygen atoms in total. The van der Waals surface area contributed by atoms with Crippen LogP contribution in [-0.2, 0) is 11.2 Å². The van der Waals surface area contributed by atoms with Gasteiger partial charge >= 0.3 is 5.82 Å². The minimum absolute atomic E-state index is 0.00901. The number of hydrogen-bond acceptors (Lipinski definition) is 7. The molecule has 38 heavy (non-hydrogen) atoms. The first-order valence-corrected chi connectivity index (χ1v) is 12.6. The third-order valence-corrected chi connectivity index (χ3v) is 5.89. The monoisotopic (exact) mass is 521 g/mol. The van der Waals surface area contributed by atoms with Gasteiger partial charge in [-0.2, -0.15) is 0 Å². The Hall–Kier alpha value is -4.18. The van der Waals surface area contributed by atoms with Crippen molar-refractivity contribution in [2.75, 3.05) is 33.9 Å². The topological polar surface area (TPSA) is 121 Å². The number of nitrogens with zero attached hydrogens (tertiary/aromatic N) is 3. The van der Waals surface area contributed by atoms with Crippen molar-refractivity contribution in [1.29, 1.82) is 0 Å². The van der Waals surface area contributed by atoms with Crippen molar-refractivity contribution in [3.8, 4) is 17.2 Å². The average molecular weight is 522 g/mol. The van der Waals surface area contributed by atoms with Gasteiger partial charge in [-0.15, -0.1) is 0 Å². The Morgan fingerprint density at radius 3 is 2.37 bits per heavy atom. The first-order valence-electron chi connectivity index (χ1n) is 12.6. The van der Waals surface area contributed by atoms with Gasteiger partial charge in [0.15, 0.2) is 0 Å². The summed E-state index contributed by atoms with van der Waals surface area (Å²) in [5.74, 6) is 1.41. The zero-order valence-electron chi connectivity index (χ0n) is 21.9. The molecule has 0 saturated carbocycles. The molecule has 3 rings (SSSR count). The van der Waals surface area contributed by atoms with Crippen molar-refractivity contribution in [2.45, 2.75) is 32.1 Å². The molecule has 1 aromatic heterocycles. The number of carbonyl (C=O) groups excluding carboxylic acids is 1. The molecule has 2 aromatic carbocycles. The lowest BCUT2D eigenvalue weighted by Crippen LogP contribution is -2.24. The van der Waals surface area contributed by atoms with E-state index < -0.39 is 4.92 Å². The van der Waals surface area contributed by atoms with Gasteiger partial charge in [-0.05, 0) is 84.1 Å². The van der Waals surface area contributed by atoms with Crippen LogP contribution < -0.4 is 20.1 Å². The smallest absolute Gasteiger partial charge is 0.381 e. The van der Waals surface area contributed by atoms with E-state index in [4.69, 9.17) is 9.47 Å². The predicted molar refractivity (Wildman–Crippen MR) is 147 cm³/mol. The second-order valence-electron chi connectivity index (χ2n) is 8.73. The zero-order valence-corrected chi connectivity index (χ0v) is 21.9. The number of rotatable bonds is 16. The van der Waals surface area contributed by atoms with Crippen LogP contribution in [0.1, 0.15) is 36.8 Å². The van der Waals surface area contributed by atoms with Crippen molar-refractivity contribution < 1.29 is 19.2 Å². The predicted octanol–water partition coefficient (Wildman–Crippen LogP) is 4.32. The molecule has 2 N–H and O–H groups in total. The number of unbranched alkanes of at least 4 members (excludes halogenated alkanes) is 1. The highest BCUT2D eigenvalue weighted by molar-refractivity contribution is 5.78. The van der Waals surface area contributed by atoms with Gasteiger partial charge in [0.1, 0.15) is 17.7 Å². The highest BCUT2D eigenvalue weighted by atomic mass is 16.6. The van der Waals surface area contributed by atoms with Crippen LogP contribution in [0.5, 0.6) is 11.5 Å². The van der Waals surface area contributed by atoms with E-state index in [2.05, 4.69) is 15.6 Å². The minimum Gasteiger partial charge on any atom is -0.497 e. The molecular formula is C28H35N5O5. The van der Waals surface area contributed by atoms with Crippen LogP contribution in [0.3, 0.4) is 0 Å². The Morgan fingerprint density at radius 1 is 1.03 bits per heavy atom. The maximum absolute atomic E-state index is 12.1. The number of carbonyl (C=O) groups is 1. The first-order chi connectivity index (χ1) is 18.5. The van der Waals surface area contributed by atoms with Crippen LogP contribution >= 0.6 is 0 Å². The van der Waals surface area contributed by atoms with Crippen LogP contribution in [0, 0.1) is 10.1 Å². The van der Waals surface area contributed by atoms with Crippen LogP contribution in [-0.4, -0.2) is 54.2 Å². The Labute approximate surface area is 222 Å². The molecule has 0 fully saturated rings. The summed E-state index contributed by atoms with van der Waals surface area (Å²) >= 11 is 0. The molecule has 1 heterocycles. The van der Waals surface area contributed by atoms with E-state index in [1.54, 1.807) is 18.8 Å². The number of hydrogen-bond donors (Lipinski definition) is 2. The zero-order chi connectivity index (χ0) is 27.2. The molecule has 0 atom stereocenters. The van der Waals surface area contributed by atoms with Gasteiger partial charge in [-0.1, -0.05) is 24.3 Å². The number of amides is 1. The molecule has 0 bridgehead atoms. The number of aromatic nitrogens is 2. The highest BCUT2D eigenvalue weighted by Gasteiger charge is 2.10. The largest absolute Gasteiger partial charge is 0.497 e. The van der Waals surface area contributed by atoms with Crippen molar-refractivity contribution in [2.24, 2.45) is 0 Å². The second-order valence-corrected chi connectivity index (χ2v) is 8.73. The molecule has 0 saturated heterocycles. The SMILES string of the molecule is COc1cc(CCCNCCCCNC(=O)C/C=C/c2ccc(-n3cnc([N+](=O)[O-])c3)cc2)cc(OC)c1. The lowest BCUT2D eigenvalue weighted by Gasteiger charge is -2.09. The Kier molecular flexibility index (Phi) is 11.3. The number of nitrogens with one attached hydrogen (secondary N) is 2. The Balaban J connectivity index is 1.23. The quantitative estimate of drug-likeness (QED) is 0.164. The fourth-order valence-corrected chi connectivity index (χ4v) is 3.84. The Bertz CT molecular complexity index is 1180. The summed E-state index contributed by atoms with van der Waals surface area (Å²) in [6.07, 6.45) is 10.7. The number of benzene rings is 2. The fraction of sp³-hybridized carbons (Fsp3) is 0.357. The van der Waals surface area contributed by atoms with Crippen LogP contribution in [0.15, 0.2) is 61.1 Å². The summed E-state index contributed by atoms with van der Waals surface area (Å²) in [6.45, 7) is 2.50. The summed E-state index contributed by atoms with van der Waals surface area (Å²) in [6, 6.07) is 13.4. The molecule has 3 aromatic rings. The molecule has 1 amide bonds. The van der Waals surface area contributed by atoms with Crippen molar-refractivity contribution in [3.05, 3.63) is 82.3 Å². The summed E-state index contributed by atoms with van der Waals surface area (Å²) in [7, 11) is 3.31. The minimum atomic E-state index is -0.528. The number of imidazole rings is 1. The van der Waals surface area contributed by atoms with E-state index in [1.165, 1.54) is 18.1 Å². The summed E-state index contributed by atoms with van der Waals surface area (Å²) in [5, 5.41) is 17.2. The molecule has 0 radical (unpaired) electrons. The molecule has 0 unspecified atom stereocenters. The van der Waals surface area contributed by atoms with Crippen molar-refractivity contribution in [1.82, 2.24) is 20.2 Å². The molecule has 0 spiro atoms. The summed E-state index contributed by atoms with van der Waals surface area (Å²) in [4.78, 5) is 26.1. The van der Waals surface area contributed by atoms with Crippen LogP contribution in [0.2, 0.25) is 0 Å². The maximum Gasteiger partial charge on any atom is 0.381 e. The number of methoxy groups -OCH3 is 2. The lowest BCUT2D eigenvalue weighted by molar-refractivity contribution is -0.389. The molecule has 202 valence electrons. The molecule has 0 aliphatic rings. The van der Waals surface area contributed by atoms with E-state index in [9.17, 15) is 14.9 Å². The second kappa shape index (κ2) is 15.2. The normalized spacial score (nSPS) is 11.0. The maximum atomic E-state index is 12.1. The molecule has 0 aliphatic carbocycles. The van der Waals surface area contributed by atoms with Crippen molar-refractivity contribution in [3.63, 3.8) is 0 Å². The number of ether oxygens (including phenoxy) is 2. The summed E-state index contributed by atoms with van der Waals surface area (Å²) < 4.78 is 12.2. The van der Waals surface area contributed by atoms with Gasteiger partial charge in [0.2, 0.25) is 12.2 Å². The van der Waals surface area contributed by atoms with Gasteiger partial charge in [0.25, 0.3) is 0 Å². The van der Waals surface area contributed by atoms with Gasteiger partial charge < -0.3 is 30.2 Å². The van der Waals surface area contributed by atoms with Gasteiger partial charge in [0.05, 0.1) is 14.2 Å². The van der Waals surface area contributed by atoms with Crippen LogP contribution in [0.4, 0.5) is 5.82 Å². The average Bonchev–Trinajstić information content (AvgIpc) is 3.43. The van der Waals surface area contributed by atoms with Gasteiger partial charge in [-0.25, -0.2) is 0 Å². The standard InChI is InChI=1S/C28H35N5O5/c1-37-25-17-23(18-26(19-25)38-2)8-6-15-29-14-3-4-16-30-28(34)9-5-7-22-10-12-24(13-11-22)32-20-27(31-21-32)33(35)36/h5,7,10-13,17-21,29H,3-4,6,8-9,14-16H2,1-2H3,(H,30,34)/b7-5+. The number of aryl methyl sites for hydroxylation is 1. The molecular weight excluding hydrogens is 486 g/mol. The van der Waals surface area contributed by atoms with Gasteiger partial charge in [0, 0.05) is 24.7 Å². The van der Waals surface area contributed by atoms with Gasteiger partial charge in [-0.3, -0.25) is 9.36 Å². The molecule has 10 heteroatoms. The van der Waals surface area contributed by atoms with E-state index in [1.807, 2.05) is 54.6 Å². The van der Waals surface area contributed by atoms with E-state index >= 15 is 0 Å². The summed E-state index contributed by atoms with van der Waals surface area (Å²) in [5.41, 5.74) is 2.90. The lowest BCUT2D eigenvalue weighted by atomic mass is 10.1. The fourth-order valence-electron chi connectivity index (χ4n) is 3.84.